The fourth-order valence-electron chi connectivity index (χ4n) is 1.55. The normalized spacial score (nSPS) is 13.0. The molecule has 0 radical (unpaired) electrons. The highest BCUT2D eigenvalue weighted by molar-refractivity contribution is 9.10. The molecule has 3 heteroatoms. The molecule has 0 saturated heterocycles. The number of nitrogens with one attached hydrogen (secondary N) is 1. The monoisotopic (exact) mass is 295 g/mol. The van der Waals surface area contributed by atoms with Gasteiger partial charge >= 0.3 is 0 Å². The van der Waals surface area contributed by atoms with Crippen molar-refractivity contribution in [3.63, 3.8) is 0 Å². The average Bonchev–Trinajstić information content (AvgIpc) is 2.20. The molecular formula is C12H27BrNP. The molecule has 1 N–H and O–H groups in total. The summed E-state index contributed by atoms with van der Waals surface area (Å²) in [5.74, 6) is 0. The molecule has 0 aliphatic carbocycles. The van der Waals surface area contributed by atoms with E-state index in [2.05, 4.69) is 37.4 Å². The SMILES string of the molecule is CCCCNCCCCCCCC(P)Br. The van der Waals surface area contributed by atoms with Gasteiger partial charge in [0.1, 0.15) is 0 Å². The number of hydrogen-bond acceptors (Lipinski definition) is 1. The van der Waals surface area contributed by atoms with Crippen LogP contribution in [0.4, 0.5) is 0 Å². The Balaban J connectivity index is 2.87. The van der Waals surface area contributed by atoms with Gasteiger partial charge in [-0.25, -0.2) is 0 Å². The Kier molecular flexibility index (Phi) is 13.7. The van der Waals surface area contributed by atoms with Crippen LogP contribution in [-0.2, 0) is 0 Å². The third-order valence-corrected chi connectivity index (χ3v) is 3.33. The quantitative estimate of drug-likeness (QED) is 0.340. The second kappa shape index (κ2) is 12.9. The molecule has 2 unspecified atom stereocenters. The molecule has 2 atom stereocenters. The van der Waals surface area contributed by atoms with Crippen LogP contribution in [0.5, 0.6) is 0 Å². The van der Waals surface area contributed by atoms with Gasteiger partial charge < -0.3 is 5.32 Å². The van der Waals surface area contributed by atoms with Crippen molar-refractivity contribution in [3.05, 3.63) is 0 Å². The van der Waals surface area contributed by atoms with E-state index >= 15 is 0 Å². The van der Waals surface area contributed by atoms with Crippen molar-refractivity contribution in [1.82, 2.24) is 5.32 Å². The van der Waals surface area contributed by atoms with E-state index in [0.29, 0.717) is 4.57 Å². The lowest BCUT2D eigenvalue weighted by Crippen LogP contribution is -2.16. The van der Waals surface area contributed by atoms with Crippen molar-refractivity contribution >= 4 is 25.2 Å². The number of hydrogen-bond donors (Lipinski definition) is 1. The van der Waals surface area contributed by atoms with Crippen LogP contribution in [-0.4, -0.2) is 17.7 Å². The van der Waals surface area contributed by atoms with E-state index in [-0.39, 0.29) is 0 Å². The van der Waals surface area contributed by atoms with E-state index in [4.69, 9.17) is 0 Å². The first-order valence-corrected chi connectivity index (χ1v) is 7.96. The number of rotatable bonds is 11. The molecule has 0 aromatic heterocycles. The zero-order valence-electron chi connectivity index (χ0n) is 10.1. The molecule has 0 saturated carbocycles. The van der Waals surface area contributed by atoms with Crippen LogP contribution in [0.2, 0.25) is 0 Å². The van der Waals surface area contributed by atoms with E-state index in [1.54, 1.807) is 0 Å². The van der Waals surface area contributed by atoms with E-state index in [9.17, 15) is 0 Å². The molecule has 0 aromatic carbocycles. The second-order valence-corrected chi connectivity index (χ2v) is 7.13. The van der Waals surface area contributed by atoms with Gasteiger partial charge in [-0.1, -0.05) is 55.0 Å². The Bertz CT molecular complexity index is 120. The Labute approximate surface area is 107 Å². The molecule has 0 bridgehead atoms. The van der Waals surface area contributed by atoms with E-state index in [1.807, 2.05) is 0 Å². The first-order valence-electron chi connectivity index (χ1n) is 6.37. The molecule has 0 fully saturated rings. The first-order chi connectivity index (χ1) is 7.27. The molecule has 0 aliphatic heterocycles. The second-order valence-electron chi connectivity index (χ2n) is 4.18. The Hall–Kier alpha value is 0.870. The summed E-state index contributed by atoms with van der Waals surface area (Å²) in [5, 5.41) is 3.48. The fraction of sp³-hybridized carbons (Fsp3) is 1.00. The maximum Gasteiger partial charge on any atom is 0.0288 e. The van der Waals surface area contributed by atoms with Crippen LogP contribution in [0.25, 0.3) is 0 Å². The largest absolute Gasteiger partial charge is 0.317 e. The molecule has 0 heterocycles. The summed E-state index contributed by atoms with van der Waals surface area (Å²) in [6.45, 7) is 4.66. The van der Waals surface area contributed by atoms with Crippen molar-refractivity contribution in [2.75, 3.05) is 13.1 Å². The molecule has 92 valence electrons. The molecule has 0 rings (SSSR count). The Morgan fingerprint density at radius 3 is 2.27 bits per heavy atom. The van der Waals surface area contributed by atoms with Crippen LogP contribution in [0.3, 0.4) is 0 Å². The summed E-state index contributed by atoms with van der Waals surface area (Å²) >= 11 is 3.55. The van der Waals surface area contributed by atoms with Crippen molar-refractivity contribution in [2.45, 2.75) is 62.9 Å². The van der Waals surface area contributed by atoms with Gasteiger partial charge in [-0.05, 0) is 32.4 Å². The van der Waals surface area contributed by atoms with Gasteiger partial charge in [0.05, 0.1) is 0 Å². The number of halogens is 1. The van der Waals surface area contributed by atoms with E-state index in [1.165, 1.54) is 64.5 Å². The standard InChI is InChI=1S/C12H27BrNP/c1-2-3-10-14-11-8-6-4-5-7-9-12(13)15/h12,14H,2-11,15H2,1H3. The smallest absolute Gasteiger partial charge is 0.0288 e. The molecular weight excluding hydrogens is 269 g/mol. The first kappa shape index (κ1) is 15.9. The molecule has 15 heavy (non-hydrogen) atoms. The lowest BCUT2D eigenvalue weighted by Gasteiger charge is -2.04. The highest BCUT2D eigenvalue weighted by atomic mass is 79.9. The van der Waals surface area contributed by atoms with Crippen molar-refractivity contribution in [2.24, 2.45) is 0 Å². The predicted octanol–water partition coefficient (Wildman–Crippen LogP) is 4.31. The van der Waals surface area contributed by atoms with Gasteiger partial charge in [-0.2, -0.15) is 0 Å². The average molecular weight is 296 g/mol. The van der Waals surface area contributed by atoms with Crippen LogP contribution in [0.15, 0.2) is 0 Å². The van der Waals surface area contributed by atoms with Crippen LogP contribution >= 0.6 is 25.2 Å². The third kappa shape index (κ3) is 14.9. The van der Waals surface area contributed by atoms with Crippen molar-refractivity contribution < 1.29 is 0 Å². The lowest BCUT2D eigenvalue weighted by atomic mass is 10.1. The molecule has 0 amide bonds. The van der Waals surface area contributed by atoms with Crippen LogP contribution < -0.4 is 5.32 Å². The number of alkyl halides is 1. The Morgan fingerprint density at radius 2 is 1.60 bits per heavy atom. The predicted molar refractivity (Wildman–Crippen MR) is 77.9 cm³/mol. The van der Waals surface area contributed by atoms with Gasteiger partial charge in [0.2, 0.25) is 0 Å². The van der Waals surface area contributed by atoms with E-state index in [0.717, 1.165) is 0 Å². The molecule has 1 nitrogen and oxygen atoms in total. The van der Waals surface area contributed by atoms with Gasteiger partial charge in [-0.15, -0.1) is 9.24 Å². The minimum atomic E-state index is 0.619. The summed E-state index contributed by atoms with van der Waals surface area (Å²) < 4.78 is 0.619. The topological polar surface area (TPSA) is 12.0 Å². The minimum absolute atomic E-state index is 0.619. The van der Waals surface area contributed by atoms with Crippen LogP contribution in [0.1, 0.15) is 58.3 Å². The highest BCUT2D eigenvalue weighted by Crippen LogP contribution is 2.17. The van der Waals surface area contributed by atoms with Gasteiger partial charge in [-0.3, -0.25) is 0 Å². The highest BCUT2D eigenvalue weighted by Gasteiger charge is 1.95. The van der Waals surface area contributed by atoms with E-state index < -0.39 is 0 Å². The summed E-state index contributed by atoms with van der Waals surface area (Å²) in [4.78, 5) is 0. The third-order valence-electron chi connectivity index (χ3n) is 2.54. The fourth-order valence-corrected chi connectivity index (χ4v) is 2.11. The van der Waals surface area contributed by atoms with Gasteiger partial charge in [0, 0.05) is 4.57 Å². The van der Waals surface area contributed by atoms with Crippen LogP contribution in [0, 0.1) is 0 Å². The van der Waals surface area contributed by atoms with Crippen molar-refractivity contribution in [3.8, 4) is 0 Å². The number of unbranched alkanes of at least 4 members (excludes halogenated alkanes) is 5. The zero-order valence-corrected chi connectivity index (χ0v) is 12.8. The summed E-state index contributed by atoms with van der Waals surface area (Å²) in [6.07, 6.45) is 10.8. The summed E-state index contributed by atoms with van der Waals surface area (Å²) in [7, 11) is 2.80. The molecule has 0 spiro atoms. The molecule has 0 aromatic rings. The van der Waals surface area contributed by atoms with Gasteiger partial charge in [0.15, 0.2) is 0 Å². The minimum Gasteiger partial charge on any atom is -0.317 e. The Morgan fingerprint density at radius 1 is 1.00 bits per heavy atom. The maximum absolute atomic E-state index is 3.55. The lowest BCUT2D eigenvalue weighted by molar-refractivity contribution is 0.563. The van der Waals surface area contributed by atoms with Crippen molar-refractivity contribution in [1.29, 1.82) is 0 Å². The molecule has 0 aliphatic rings. The zero-order chi connectivity index (χ0) is 11.4. The van der Waals surface area contributed by atoms with Gasteiger partial charge in [0.25, 0.3) is 0 Å². The summed E-state index contributed by atoms with van der Waals surface area (Å²) in [6, 6.07) is 0. The summed E-state index contributed by atoms with van der Waals surface area (Å²) in [5.41, 5.74) is 0. The maximum atomic E-state index is 3.55.